The molecule has 2 aromatic carbocycles. The van der Waals surface area contributed by atoms with Crippen LogP contribution in [0.4, 0.5) is 4.39 Å². The SMILES string of the molecule is CN=C(NCc1ccc(Oc2ccc(F)cc2)nc1)NC1CCN(Cc2ccccc2)CC1. The largest absolute Gasteiger partial charge is 0.439 e. The summed E-state index contributed by atoms with van der Waals surface area (Å²) in [7, 11) is 1.79. The summed E-state index contributed by atoms with van der Waals surface area (Å²) >= 11 is 0. The molecule has 0 aliphatic carbocycles. The second-order valence-electron chi connectivity index (χ2n) is 8.17. The van der Waals surface area contributed by atoms with Crippen LogP contribution in [-0.2, 0) is 13.1 Å². The molecule has 0 amide bonds. The fourth-order valence-electron chi connectivity index (χ4n) is 3.85. The number of guanidine groups is 1. The molecule has 1 fully saturated rings. The van der Waals surface area contributed by atoms with E-state index >= 15 is 0 Å². The molecule has 3 aromatic rings. The zero-order valence-electron chi connectivity index (χ0n) is 18.9. The van der Waals surface area contributed by atoms with Crippen LogP contribution >= 0.6 is 0 Å². The van der Waals surface area contributed by atoms with E-state index in [1.807, 2.05) is 6.07 Å². The van der Waals surface area contributed by atoms with Gasteiger partial charge >= 0.3 is 0 Å². The molecule has 1 aliphatic rings. The number of piperidine rings is 1. The van der Waals surface area contributed by atoms with Gasteiger partial charge in [0.2, 0.25) is 5.88 Å². The highest BCUT2D eigenvalue weighted by Gasteiger charge is 2.20. The average molecular weight is 448 g/mol. The molecule has 7 heteroatoms. The predicted molar refractivity (Wildman–Crippen MR) is 129 cm³/mol. The molecule has 2 heterocycles. The van der Waals surface area contributed by atoms with E-state index in [0.717, 1.165) is 44.0 Å². The first-order chi connectivity index (χ1) is 16.2. The highest BCUT2D eigenvalue weighted by atomic mass is 19.1. The van der Waals surface area contributed by atoms with Crippen LogP contribution in [-0.4, -0.2) is 42.0 Å². The van der Waals surface area contributed by atoms with E-state index in [1.165, 1.54) is 17.7 Å². The summed E-state index contributed by atoms with van der Waals surface area (Å²) in [5, 5.41) is 6.91. The van der Waals surface area contributed by atoms with Gasteiger partial charge in [-0.25, -0.2) is 9.37 Å². The molecule has 0 atom stereocenters. The Kier molecular flexibility index (Phi) is 7.87. The van der Waals surface area contributed by atoms with Crippen molar-refractivity contribution in [1.82, 2.24) is 20.5 Å². The van der Waals surface area contributed by atoms with E-state index < -0.39 is 0 Å². The number of hydrogen-bond acceptors (Lipinski definition) is 4. The minimum Gasteiger partial charge on any atom is -0.439 e. The number of likely N-dealkylation sites (tertiary alicyclic amines) is 1. The lowest BCUT2D eigenvalue weighted by Crippen LogP contribution is -2.48. The number of aromatic nitrogens is 1. The van der Waals surface area contributed by atoms with Crippen molar-refractivity contribution in [3.05, 3.63) is 89.9 Å². The van der Waals surface area contributed by atoms with Crippen molar-refractivity contribution in [2.75, 3.05) is 20.1 Å². The van der Waals surface area contributed by atoms with Gasteiger partial charge in [0.1, 0.15) is 11.6 Å². The molecule has 0 spiro atoms. The lowest BCUT2D eigenvalue weighted by Gasteiger charge is -2.33. The maximum atomic E-state index is 13.0. The summed E-state index contributed by atoms with van der Waals surface area (Å²) in [6.45, 7) is 3.76. The van der Waals surface area contributed by atoms with E-state index in [1.54, 1.807) is 31.4 Å². The Balaban J connectivity index is 1.20. The van der Waals surface area contributed by atoms with Crippen LogP contribution in [0.15, 0.2) is 77.9 Å². The summed E-state index contributed by atoms with van der Waals surface area (Å²) in [5.41, 5.74) is 2.38. The third-order valence-electron chi connectivity index (χ3n) is 5.69. The van der Waals surface area contributed by atoms with Crippen LogP contribution in [0.25, 0.3) is 0 Å². The first-order valence-corrected chi connectivity index (χ1v) is 11.3. The van der Waals surface area contributed by atoms with Gasteiger partial charge in [0.25, 0.3) is 0 Å². The summed E-state index contributed by atoms with van der Waals surface area (Å²) in [4.78, 5) is 11.2. The zero-order chi connectivity index (χ0) is 22.9. The second kappa shape index (κ2) is 11.4. The lowest BCUT2D eigenvalue weighted by atomic mass is 10.0. The van der Waals surface area contributed by atoms with E-state index in [4.69, 9.17) is 4.74 Å². The van der Waals surface area contributed by atoms with Crippen molar-refractivity contribution in [2.24, 2.45) is 4.99 Å². The zero-order valence-corrected chi connectivity index (χ0v) is 18.9. The molecule has 6 nitrogen and oxygen atoms in total. The van der Waals surface area contributed by atoms with E-state index in [9.17, 15) is 4.39 Å². The molecule has 0 radical (unpaired) electrons. The first-order valence-electron chi connectivity index (χ1n) is 11.3. The Labute approximate surface area is 194 Å². The molecule has 4 rings (SSSR count). The van der Waals surface area contributed by atoms with Crippen molar-refractivity contribution >= 4 is 5.96 Å². The fourth-order valence-corrected chi connectivity index (χ4v) is 3.85. The van der Waals surface area contributed by atoms with Crippen LogP contribution in [0.5, 0.6) is 11.6 Å². The number of hydrogen-bond donors (Lipinski definition) is 2. The fraction of sp³-hybridized carbons (Fsp3) is 0.308. The second-order valence-corrected chi connectivity index (χ2v) is 8.17. The van der Waals surface area contributed by atoms with Gasteiger partial charge in [-0.3, -0.25) is 9.89 Å². The third-order valence-corrected chi connectivity index (χ3v) is 5.69. The van der Waals surface area contributed by atoms with Crippen LogP contribution in [0.3, 0.4) is 0 Å². The summed E-state index contributed by atoms with van der Waals surface area (Å²) < 4.78 is 18.7. The number of ether oxygens (including phenoxy) is 1. The summed E-state index contributed by atoms with van der Waals surface area (Å²) in [6.07, 6.45) is 3.94. The summed E-state index contributed by atoms with van der Waals surface area (Å²) in [6, 6.07) is 20.7. The van der Waals surface area contributed by atoms with Crippen molar-refractivity contribution in [3.63, 3.8) is 0 Å². The van der Waals surface area contributed by atoms with Gasteiger partial charge in [0.05, 0.1) is 0 Å². The maximum Gasteiger partial charge on any atom is 0.219 e. The van der Waals surface area contributed by atoms with Crippen LogP contribution in [0, 0.1) is 5.82 Å². The Hall–Kier alpha value is -3.45. The molecule has 1 aliphatic heterocycles. The Morgan fingerprint density at radius 3 is 2.45 bits per heavy atom. The molecule has 0 bridgehead atoms. The van der Waals surface area contributed by atoms with Crippen LogP contribution in [0.2, 0.25) is 0 Å². The number of halogens is 1. The Morgan fingerprint density at radius 1 is 1.03 bits per heavy atom. The predicted octanol–water partition coefficient (Wildman–Crippen LogP) is 4.34. The Morgan fingerprint density at radius 2 is 1.79 bits per heavy atom. The quantitative estimate of drug-likeness (QED) is 0.417. The number of rotatable bonds is 7. The van der Waals surface area contributed by atoms with E-state index in [0.29, 0.717) is 24.2 Å². The molecule has 33 heavy (non-hydrogen) atoms. The molecule has 0 unspecified atom stereocenters. The monoisotopic (exact) mass is 447 g/mol. The van der Waals surface area contributed by atoms with Gasteiger partial charge in [-0.15, -0.1) is 0 Å². The number of aliphatic imine (C=N–C) groups is 1. The van der Waals surface area contributed by atoms with Crippen molar-refractivity contribution in [2.45, 2.75) is 32.0 Å². The minimum atomic E-state index is -0.295. The topological polar surface area (TPSA) is 61.8 Å². The molecular formula is C26H30FN5O. The number of pyridine rings is 1. The van der Waals surface area contributed by atoms with Crippen molar-refractivity contribution < 1.29 is 9.13 Å². The lowest BCUT2D eigenvalue weighted by molar-refractivity contribution is 0.198. The van der Waals surface area contributed by atoms with Gasteiger partial charge in [0, 0.05) is 51.5 Å². The first kappa shape index (κ1) is 22.7. The van der Waals surface area contributed by atoms with Crippen molar-refractivity contribution in [1.29, 1.82) is 0 Å². The standard InChI is InChI=1S/C26H30FN5O/c1-28-26(31-23-13-15-32(16-14-23)19-20-5-3-2-4-6-20)30-18-21-7-12-25(29-17-21)33-24-10-8-22(27)9-11-24/h2-12,17,23H,13-16,18-19H2,1H3,(H2,28,30,31). The molecular weight excluding hydrogens is 417 g/mol. The molecule has 0 saturated carbocycles. The third kappa shape index (κ3) is 7.02. The highest BCUT2D eigenvalue weighted by Crippen LogP contribution is 2.19. The van der Waals surface area contributed by atoms with Gasteiger partial charge < -0.3 is 15.4 Å². The molecule has 2 N–H and O–H groups in total. The van der Waals surface area contributed by atoms with Crippen LogP contribution in [0.1, 0.15) is 24.0 Å². The maximum absolute atomic E-state index is 13.0. The van der Waals surface area contributed by atoms with E-state index in [2.05, 4.69) is 55.8 Å². The van der Waals surface area contributed by atoms with Gasteiger partial charge in [-0.05, 0) is 48.2 Å². The normalized spacial score (nSPS) is 15.3. The summed E-state index contributed by atoms with van der Waals surface area (Å²) in [5.74, 6) is 1.52. The van der Waals surface area contributed by atoms with Gasteiger partial charge in [0.15, 0.2) is 5.96 Å². The van der Waals surface area contributed by atoms with Gasteiger partial charge in [-0.1, -0.05) is 36.4 Å². The number of nitrogens with one attached hydrogen (secondary N) is 2. The van der Waals surface area contributed by atoms with E-state index in [-0.39, 0.29) is 5.82 Å². The molecule has 1 saturated heterocycles. The van der Waals surface area contributed by atoms with Crippen LogP contribution < -0.4 is 15.4 Å². The Bertz CT molecular complexity index is 1020. The smallest absolute Gasteiger partial charge is 0.219 e. The van der Waals surface area contributed by atoms with Gasteiger partial charge in [-0.2, -0.15) is 0 Å². The number of nitrogens with zero attached hydrogens (tertiary/aromatic N) is 3. The molecule has 172 valence electrons. The molecule has 1 aromatic heterocycles. The average Bonchev–Trinajstić information content (AvgIpc) is 2.86. The minimum absolute atomic E-state index is 0.295. The number of benzene rings is 2. The highest BCUT2D eigenvalue weighted by molar-refractivity contribution is 5.79. The van der Waals surface area contributed by atoms with Crippen molar-refractivity contribution in [3.8, 4) is 11.6 Å².